The molecule has 0 aromatic rings. The van der Waals surface area contributed by atoms with E-state index in [0.29, 0.717) is 6.42 Å². The van der Waals surface area contributed by atoms with E-state index in [-0.39, 0.29) is 29.9 Å². The molecule has 120 valence electrons. The molecule has 0 bridgehead atoms. The van der Waals surface area contributed by atoms with Crippen molar-refractivity contribution in [3.8, 4) is 0 Å². The summed E-state index contributed by atoms with van der Waals surface area (Å²) < 4.78 is 0. The number of nitrogens with one attached hydrogen (secondary N) is 1. The van der Waals surface area contributed by atoms with E-state index in [1.54, 1.807) is 0 Å². The molecule has 0 spiro atoms. The maximum Gasteiger partial charge on any atom is 0.220 e. The Morgan fingerprint density at radius 2 is 1.70 bits per heavy atom. The van der Waals surface area contributed by atoms with E-state index >= 15 is 0 Å². The van der Waals surface area contributed by atoms with E-state index in [4.69, 9.17) is 5.11 Å². The quantitative estimate of drug-likeness (QED) is 0.467. The van der Waals surface area contributed by atoms with Gasteiger partial charge in [-0.05, 0) is 35.8 Å². The largest absolute Gasteiger partial charge is 0.394 e. The van der Waals surface area contributed by atoms with Crippen molar-refractivity contribution in [2.45, 2.75) is 59.5 Å². The van der Waals surface area contributed by atoms with Crippen LogP contribution in [0.4, 0.5) is 0 Å². The molecule has 1 atom stereocenters. The van der Waals surface area contributed by atoms with E-state index in [1.807, 2.05) is 0 Å². The van der Waals surface area contributed by atoms with Gasteiger partial charge in [0, 0.05) is 13.0 Å². The van der Waals surface area contributed by atoms with Gasteiger partial charge in [-0.25, -0.2) is 0 Å². The second-order valence-electron chi connectivity index (χ2n) is 7.12. The average Bonchev–Trinajstić information content (AvgIpc) is 2.33. The van der Waals surface area contributed by atoms with Crippen LogP contribution in [0.3, 0.4) is 0 Å². The maximum absolute atomic E-state index is 11.8. The number of carbonyl (C=O) groups excluding carboxylic acids is 1. The van der Waals surface area contributed by atoms with E-state index < -0.39 is 6.10 Å². The molecule has 20 heavy (non-hydrogen) atoms. The number of aliphatic hydroxyl groups excluding tert-OH is 2. The highest BCUT2D eigenvalue weighted by atomic mass is 32.1. The first-order chi connectivity index (χ1) is 9.12. The highest BCUT2D eigenvalue weighted by Gasteiger charge is 2.26. The second kappa shape index (κ2) is 8.90. The van der Waals surface area contributed by atoms with Crippen molar-refractivity contribution in [1.82, 2.24) is 5.32 Å². The van der Waals surface area contributed by atoms with E-state index in [0.717, 1.165) is 25.0 Å². The molecule has 0 saturated carbocycles. The van der Waals surface area contributed by atoms with Gasteiger partial charge in [-0.2, -0.15) is 12.6 Å². The van der Waals surface area contributed by atoms with Crippen molar-refractivity contribution < 1.29 is 15.0 Å². The number of hydrogen-bond acceptors (Lipinski definition) is 4. The van der Waals surface area contributed by atoms with Crippen LogP contribution in [0.1, 0.15) is 53.4 Å². The summed E-state index contributed by atoms with van der Waals surface area (Å²) in [7, 11) is 0. The molecule has 4 nitrogen and oxygen atoms in total. The van der Waals surface area contributed by atoms with Gasteiger partial charge >= 0.3 is 0 Å². The van der Waals surface area contributed by atoms with Crippen LogP contribution in [0.25, 0.3) is 0 Å². The number of hydrogen-bond donors (Lipinski definition) is 4. The smallest absolute Gasteiger partial charge is 0.220 e. The summed E-state index contributed by atoms with van der Waals surface area (Å²) in [5.74, 6) is 0.807. The number of amides is 1. The fraction of sp³-hybridized carbons (Fsp3) is 0.933. The monoisotopic (exact) mass is 305 g/mol. The Morgan fingerprint density at radius 1 is 1.15 bits per heavy atom. The van der Waals surface area contributed by atoms with Gasteiger partial charge in [-0.3, -0.25) is 4.79 Å². The van der Waals surface area contributed by atoms with Crippen molar-refractivity contribution in [2.75, 3.05) is 18.9 Å². The molecule has 0 radical (unpaired) electrons. The van der Waals surface area contributed by atoms with Gasteiger partial charge in [0.05, 0.1) is 12.7 Å². The first-order valence-corrected chi connectivity index (χ1v) is 7.92. The summed E-state index contributed by atoms with van der Waals surface area (Å²) in [6.45, 7) is 8.42. The standard InChI is InChI=1S/C15H31NO3S/c1-14(2,7-8-20)5-6-15(3,4)9-13(19)16-10-12(18)11-17/h12,17-18,20H,5-11H2,1-4H3,(H,16,19). The molecule has 5 heteroatoms. The number of thiol groups is 1. The van der Waals surface area contributed by atoms with Gasteiger partial charge in [0.15, 0.2) is 0 Å². The minimum atomic E-state index is -0.878. The van der Waals surface area contributed by atoms with Crippen LogP contribution in [0.2, 0.25) is 0 Å². The number of carbonyl (C=O) groups is 1. The Bertz CT molecular complexity index is 293. The van der Waals surface area contributed by atoms with Gasteiger partial charge in [0.1, 0.15) is 0 Å². The molecule has 3 N–H and O–H groups in total. The molecular weight excluding hydrogens is 274 g/mol. The Labute approximate surface area is 128 Å². The predicted molar refractivity (Wildman–Crippen MR) is 86.0 cm³/mol. The van der Waals surface area contributed by atoms with Crippen molar-refractivity contribution >= 4 is 18.5 Å². The highest BCUT2D eigenvalue weighted by Crippen LogP contribution is 2.35. The molecule has 0 heterocycles. The lowest BCUT2D eigenvalue weighted by Gasteiger charge is -2.30. The van der Waals surface area contributed by atoms with Crippen LogP contribution in [0.15, 0.2) is 0 Å². The molecule has 1 unspecified atom stereocenters. The molecule has 0 aromatic carbocycles. The third-order valence-electron chi connectivity index (χ3n) is 3.65. The van der Waals surface area contributed by atoms with Crippen LogP contribution in [-0.4, -0.2) is 41.1 Å². The van der Waals surface area contributed by atoms with Crippen LogP contribution in [0.5, 0.6) is 0 Å². The summed E-state index contributed by atoms with van der Waals surface area (Å²) >= 11 is 4.28. The third-order valence-corrected chi connectivity index (χ3v) is 3.88. The molecule has 0 aliphatic carbocycles. The van der Waals surface area contributed by atoms with Crippen LogP contribution in [-0.2, 0) is 4.79 Å². The zero-order valence-electron chi connectivity index (χ0n) is 13.3. The lowest BCUT2D eigenvalue weighted by atomic mass is 9.76. The van der Waals surface area contributed by atoms with Crippen LogP contribution >= 0.6 is 12.6 Å². The fourth-order valence-corrected chi connectivity index (χ4v) is 2.59. The predicted octanol–water partition coefficient (Wildman–Crippen LogP) is 2.00. The summed E-state index contributed by atoms with van der Waals surface area (Å²) in [5.41, 5.74) is 0.185. The highest BCUT2D eigenvalue weighted by molar-refractivity contribution is 7.80. The first-order valence-electron chi connectivity index (χ1n) is 7.28. The van der Waals surface area contributed by atoms with E-state index in [1.165, 1.54) is 0 Å². The fourth-order valence-electron chi connectivity index (χ4n) is 1.99. The molecule has 0 aliphatic rings. The molecule has 0 rings (SSSR count). The molecule has 0 aliphatic heterocycles. The summed E-state index contributed by atoms with van der Waals surface area (Å²) in [4.78, 5) is 11.8. The van der Waals surface area contributed by atoms with Crippen molar-refractivity contribution in [3.05, 3.63) is 0 Å². The normalized spacial score (nSPS) is 14.2. The molecular formula is C15H31NO3S. The zero-order valence-corrected chi connectivity index (χ0v) is 14.2. The molecule has 0 aromatic heterocycles. The van der Waals surface area contributed by atoms with Crippen molar-refractivity contribution in [1.29, 1.82) is 0 Å². The minimum absolute atomic E-state index is 0.0673. The molecule has 1 amide bonds. The van der Waals surface area contributed by atoms with Gasteiger partial charge < -0.3 is 15.5 Å². The first kappa shape index (κ1) is 19.7. The third kappa shape index (κ3) is 9.61. The SMILES string of the molecule is CC(C)(CCS)CCC(C)(C)CC(=O)NCC(O)CO. The summed E-state index contributed by atoms with van der Waals surface area (Å²) in [6.07, 6.45) is 2.66. The molecule has 0 fully saturated rings. The lowest BCUT2D eigenvalue weighted by Crippen LogP contribution is -2.36. The van der Waals surface area contributed by atoms with Crippen molar-refractivity contribution in [3.63, 3.8) is 0 Å². The topological polar surface area (TPSA) is 69.6 Å². The van der Waals surface area contributed by atoms with E-state index in [9.17, 15) is 9.90 Å². The van der Waals surface area contributed by atoms with Gasteiger partial charge in [0.25, 0.3) is 0 Å². The Kier molecular flexibility index (Phi) is 8.79. The van der Waals surface area contributed by atoms with E-state index in [2.05, 4.69) is 45.6 Å². The Hall–Kier alpha value is -0.260. The van der Waals surface area contributed by atoms with Crippen LogP contribution in [0, 0.1) is 10.8 Å². The lowest BCUT2D eigenvalue weighted by molar-refractivity contribution is -0.123. The minimum Gasteiger partial charge on any atom is -0.394 e. The Balaban J connectivity index is 4.14. The van der Waals surface area contributed by atoms with Gasteiger partial charge in [-0.1, -0.05) is 27.7 Å². The molecule has 0 saturated heterocycles. The second-order valence-corrected chi connectivity index (χ2v) is 7.57. The zero-order chi connectivity index (χ0) is 15.8. The maximum atomic E-state index is 11.8. The number of rotatable bonds is 10. The van der Waals surface area contributed by atoms with Crippen molar-refractivity contribution in [2.24, 2.45) is 10.8 Å². The van der Waals surface area contributed by atoms with Gasteiger partial charge in [-0.15, -0.1) is 0 Å². The summed E-state index contributed by atoms with van der Waals surface area (Å²) in [6, 6.07) is 0. The van der Waals surface area contributed by atoms with Gasteiger partial charge in [0.2, 0.25) is 5.91 Å². The average molecular weight is 305 g/mol. The number of aliphatic hydroxyl groups is 2. The summed E-state index contributed by atoms with van der Waals surface area (Å²) in [5, 5.41) is 20.5. The van der Waals surface area contributed by atoms with Crippen LogP contribution < -0.4 is 5.32 Å². The Morgan fingerprint density at radius 3 is 2.20 bits per heavy atom.